The fraction of sp³-hybridized carbons (Fsp3) is 0.429. The van der Waals surface area contributed by atoms with E-state index in [9.17, 15) is 4.79 Å². The molecule has 0 aromatic carbocycles. The Balaban J connectivity index is 1.97. The third kappa shape index (κ3) is 3.01. The molecule has 108 valence electrons. The quantitative estimate of drug-likeness (QED) is 0.864. The molecule has 0 aliphatic carbocycles. The number of nitrogen functional groups attached to an aromatic ring is 1. The molecule has 0 saturated carbocycles. The summed E-state index contributed by atoms with van der Waals surface area (Å²) in [5, 5.41) is 2.90. The van der Waals surface area contributed by atoms with Gasteiger partial charge in [0.2, 0.25) is 0 Å². The number of hydrogen-bond acceptors (Lipinski definition) is 3. The molecule has 0 bridgehead atoms. The fourth-order valence-electron chi connectivity index (χ4n) is 2.13. The van der Waals surface area contributed by atoms with Crippen molar-refractivity contribution < 1.29 is 4.79 Å². The van der Waals surface area contributed by atoms with Crippen LogP contribution >= 0.6 is 0 Å². The molecule has 0 spiro atoms. The highest BCUT2D eigenvalue weighted by Gasteiger charge is 2.14. The Bertz CT molecular complexity index is 596. The second-order valence-electron chi connectivity index (χ2n) is 5.12. The highest BCUT2D eigenvalue weighted by molar-refractivity contribution is 5.93. The average molecular weight is 275 g/mol. The minimum atomic E-state index is -0.107. The Morgan fingerprint density at radius 2 is 2.25 bits per heavy atom. The lowest BCUT2D eigenvalue weighted by molar-refractivity contribution is 0.0943. The second-order valence-corrected chi connectivity index (χ2v) is 5.12. The van der Waals surface area contributed by atoms with Crippen molar-refractivity contribution in [2.75, 3.05) is 12.3 Å². The first-order valence-corrected chi connectivity index (χ1v) is 6.70. The molecule has 2 aromatic heterocycles. The van der Waals surface area contributed by atoms with Crippen LogP contribution in [0.5, 0.6) is 0 Å². The van der Waals surface area contributed by atoms with Gasteiger partial charge in [0, 0.05) is 44.6 Å². The summed E-state index contributed by atoms with van der Waals surface area (Å²) in [6, 6.07) is 1.90. The molecule has 0 aliphatic heterocycles. The Hall–Kier alpha value is -2.24. The van der Waals surface area contributed by atoms with Crippen LogP contribution in [0.4, 0.5) is 5.69 Å². The first kappa shape index (κ1) is 14.2. The minimum Gasteiger partial charge on any atom is -0.397 e. The number of carbonyl (C=O) groups is 1. The van der Waals surface area contributed by atoms with Gasteiger partial charge in [-0.05, 0) is 19.9 Å². The van der Waals surface area contributed by atoms with Crippen molar-refractivity contribution in [3.05, 3.63) is 36.2 Å². The second kappa shape index (κ2) is 5.81. The predicted octanol–water partition coefficient (Wildman–Crippen LogP) is 1.36. The van der Waals surface area contributed by atoms with Gasteiger partial charge in [0.15, 0.2) is 0 Å². The number of nitrogens with one attached hydrogen (secondary N) is 1. The largest absolute Gasteiger partial charge is 0.397 e. The van der Waals surface area contributed by atoms with Gasteiger partial charge in [0.05, 0.1) is 5.69 Å². The molecule has 0 fully saturated rings. The molecule has 6 nitrogen and oxygen atoms in total. The van der Waals surface area contributed by atoms with Gasteiger partial charge in [0.1, 0.15) is 11.5 Å². The topological polar surface area (TPSA) is 77.9 Å². The predicted molar refractivity (Wildman–Crippen MR) is 78.5 cm³/mol. The van der Waals surface area contributed by atoms with Gasteiger partial charge in [-0.25, -0.2) is 4.98 Å². The molecular weight excluding hydrogens is 254 g/mol. The van der Waals surface area contributed by atoms with Crippen molar-refractivity contribution in [1.29, 1.82) is 0 Å². The van der Waals surface area contributed by atoms with E-state index >= 15 is 0 Å². The van der Waals surface area contributed by atoms with Crippen LogP contribution in [-0.4, -0.2) is 26.6 Å². The van der Waals surface area contributed by atoms with Crippen LogP contribution < -0.4 is 11.1 Å². The number of hydrogen-bond donors (Lipinski definition) is 2. The van der Waals surface area contributed by atoms with E-state index in [1.807, 2.05) is 36.2 Å². The van der Waals surface area contributed by atoms with Crippen molar-refractivity contribution in [3.63, 3.8) is 0 Å². The number of nitrogens with zero attached hydrogens (tertiary/aromatic N) is 3. The normalized spacial score (nSPS) is 11.0. The minimum absolute atomic E-state index is 0.107. The highest BCUT2D eigenvalue weighted by Crippen LogP contribution is 2.16. The van der Waals surface area contributed by atoms with Crippen molar-refractivity contribution in [1.82, 2.24) is 19.4 Å². The maximum atomic E-state index is 12.2. The summed E-state index contributed by atoms with van der Waals surface area (Å²) in [5.74, 6) is 0.841. The number of rotatable bonds is 5. The van der Waals surface area contributed by atoms with Crippen molar-refractivity contribution >= 4 is 11.6 Å². The summed E-state index contributed by atoms with van der Waals surface area (Å²) in [6.45, 7) is 4.58. The maximum absolute atomic E-state index is 12.2. The van der Waals surface area contributed by atoms with Crippen LogP contribution in [0, 0.1) is 0 Å². The van der Waals surface area contributed by atoms with E-state index in [0.717, 1.165) is 5.82 Å². The zero-order valence-corrected chi connectivity index (χ0v) is 12.1. The van der Waals surface area contributed by atoms with Crippen LogP contribution in [0.15, 0.2) is 24.7 Å². The molecule has 20 heavy (non-hydrogen) atoms. The smallest absolute Gasteiger partial charge is 0.268 e. The Kier molecular flexibility index (Phi) is 4.12. The van der Waals surface area contributed by atoms with Crippen LogP contribution in [0.2, 0.25) is 0 Å². The van der Waals surface area contributed by atoms with E-state index in [0.29, 0.717) is 24.3 Å². The molecular formula is C14H21N5O. The highest BCUT2D eigenvalue weighted by atomic mass is 16.1. The summed E-state index contributed by atoms with van der Waals surface area (Å²) in [4.78, 5) is 16.4. The fourth-order valence-corrected chi connectivity index (χ4v) is 2.13. The molecule has 6 heteroatoms. The number of imidazole rings is 1. The van der Waals surface area contributed by atoms with E-state index in [1.54, 1.807) is 18.5 Å². The number of aryl methyl sites for hydroxylation is 1. The first-order valence-electron chi connectivity index (χ1n) is 6.70. The maximum Gasteiger partial charge on any atom is 0.268 e. The van der Waals surface area contributed by atoms with Gasteiger partial charge in [-0.2, -0.15) is 0 Å². The zero-order chi connectivity index (χ0) is 14.7. The summed E-state index contributed by atoms with van der Waals surface area (Å²) >= 11 is 0. The molecule has 0 saturated heterocycles. The van der Waals surface area contributed by atoms with Crippen LogP contribution in [0.25, 0.3) is 0 Å². The van der Waals surface area contributed by atoms with Gasteiger partial charge < -0.3 is 20.2 Å². The number of aromatic nitrogens is 3. The molecule has 3 N–H and O–H groups in total. The first-order chi connectivity index (χ1) is 9.49. The van der Waals surface area contributed by atoms with Crippen LogP contribution in [0.1, 0.15) is 36.2 Å². The number of amides is 1. The third-order valence-electron chi connectivity index (χ3n) is 3.21. The van der Waals surface area contributed by atoms with Gasteiger partial charge in [-0.15, -0.1) is 0 Å². The van der Waals surface area contributed by atoms with Gasteiger partial charge >= 0.3 is 0 Å². The SMILES string of the molecule is CC(C)n1cc(N)cc1C(=O)NCCc1nccn1C. The van der Waals surface area contributed by atoms with Crippen LogP contribution in [-0.2, 0) is 13.5 Å². The molecule has 0 unspecified atom stereocenters. The zero-order valence-electron chi connectivity index (χ0n) is 12.1. The summed E-state index contributed by atoms with van der Waals surface area (Å²) < 4.78 is 3.83. The van der Waals surface area contributed by atoms with Gasteiger partial charge in [-0.3, -0.25) is 4.79 Å². The molecule has 0 aliphatic rings. The molecule has 2 heterocycles. The van der Waals surface area contributed by atoms with E-state index in [4.69, 9.17) is 5.73 Å². The monoisotopic (exact) mass is 275 g/mol. The van der Waals surface area contributed by atoms with Crippen LogP contribution in [0.3, 0.4) is 0 Å². The Labute approximate surface area is 118 Å². The molecule has 2 aromatic rings. The lowest BCUT2D eigenvalue weighted by Crippen LogP contribution is -2.28. The molecule has 2 rings (SSSR count). The molecule has 0 atom stereocenters. The lowest BCUT2D eigenvalue weighted by Gasteiger charge is -2.12. The standard InChI is InChI=1S/C14H21N5O/c1-10(2)19-9-11(15)8-12(19)14(20)17-5-4-13-16-6-7-18(13)3/h6-10H,4-5,15H2,1-3H3,(H,17,20). The van der Waals surface area contributed by atoms with Crippen molar-refractivity contribution in [2.24, 2.45) is 7.05 Å². The van der Waals surface area contributed by atoms with Gasteiger partial charge in [0.25, 0.3) is 5.91 Å². The van der Waals surface area contributed by atoms with E-state index in [-0.39, 0.29) is 11.9 Å². The Morgan fingerprint density at radius 3 is 2.85 bits per heavy atom. The third-order valence-corrected chi connectivity index (χ3v) is 3.21. The Morgan fingerprint density at radius 1 is 1.50 bits per heavy atom. The van der Waals surface area contributed by atoms with Gasteiger partial charge in [-0.1, -0.05) is 0 Å². The van der Waals surface area contributed by atoms with E-state index in [2.05, 4.69) is 10.3 Å². The lowest BCUT2D eigenvalue weighted by atomic mass is 10.3. The summed E-state index contributed by atoms with van der Waals surface area (Å²) in [5.41, 5.74) is 6.97. The molecule has 1 amide bonds. The number of nitrogens with two attached hydrogens (primary N) is 1. The summed E-state index contributed by atoms with van der Waals surface area (Å²) in [7, 11) is 1.94. The number of anilines is 1. The average Bonchev–Trinajstić information content (AvgIpc) is 2.96. The number of carbonyl (C=O) groups excluding carboxylic acids is 1. The van der Waals surface area contributed by atoms with E-state index in [1.165, 1.54) is 0 Å². The van der Waals surface area contributed by atoms with Crippen molar-refractivity contribution in [2.45, 2.75) is 26.3 Å². The molecule has 0 radical (unpaired) electrons. The van der Waals surface area contributed by atoms with Crippen molar-refractivity contribution in [3.8, 4) is 0 Å². The summed E-state index contributed by atoms with van der Waals surface area (Å²) in [6.07, 6.45) is 6.13. The van der Waals surface area contributed by atoms with E-state index < -0.39 is 0 Å².